The molecule has 3 aliphatic rings. The number of carbonyl (C=O) groups excluding carboxylic acids is 4. The van der Waals surface area contributed by atoms with Crippen LogP contribution in [0.1, 0.15) is 70.5 Å². The van der Waals surface area contributed by atoms with Crippen LogP contribution < -0.4 is 5.32 Å². The van der Waals surface area contributed by atoms with Gasteiger partial charge in [-0.05, 0) is 45.1 Å². The molecule has 3 saturated heterocycles. The fourth-order valence-corrected chi connectivity index (χ4v) is 8.59. The molecule has 0 aliphatic carbocycles. The second kappa shape index (κ2) is 17.7. The first-order valence-electron chi connectivity index (χ1n) is 17.3. The molecule has 0 radical (unpaired) electrons. The fraction of sp³-hybridized carbons (Fsp3) is 0.622. The van der Waals surface area contributed by atoms with E-state index in [9.17, 15) is 24.3 Å². The summed E-state index contributed by atoms with van der Waals surface area (Å²) < 4.78 is 18.5. The van der Waals surface area contributed by atoms with Gasteiger partial charge in [0.2, 0.25) is 17.7 Å². The van der Waals surface area contributed by atoms with Gasteiger partial charge in [-0.3, -0.25) is 19.2 Å². The largest absolute Gasteiger partial charge is 0.455 e. The number of benzene rings is 1. The maximum atomic E-state index is 14.5. The highest BCUT2D eigenvalue weighted by Gasteiger charge is 2.77. The quantitative estimate of drug-likeness (QED) is 0.0883. The molecular formula is C37H52BrN3O8. The SMILES string of the molecule is C=CCCC(=O)N[C@@H](COC)[C@@H](OC(=O)[C@@H]1[C@H]2O[C@@]3(CC2Br)[C@H](C(=O)N(CC=C)C(C)C)N(CCCCCCO)C(=O)[C@@H]13)c1ccccc1. The number of aliphatic hydroxyl groups excluding tert-OH is 1. The third-order valence-corrected chi connectivity index (χ3v) is 10.7. The fourth-order valence-electron chi connectivity index (χ4n) is 7.64. The van der Waals surface area contributed by atoms with Crippen molar-refractivity contribution in [3.05, 3.63) is 61.2 Å². The molecule has 270 valence electrons. The Balaban J connectivity index is 1.70. The number of nitrogens with one attached hydrogen (secondary N) is 1. The van der Waals surface area contributed by atoms with E-state index in [1.54, 1.807) is 22.0 Å². The third-order valence-electron chi connectivity index (χ3n) is 9.84. The second-order valence-corrected chi connectivity index (χ2v) is 14.6. The van der Waals surface area contributed by atoms with Gasteiger partial charge in [-0.15, -0.1) is 13.2 Å². The number of fused-ring (bicyclic) bond motifs is 1. The number of rotatable bonds is 20. The molecule has 1 aromatic rings. The lowest BCUT2D eigenvalue weighted by molar-refractivity contribution is -0.163. The average Bonchev–Trinajstić information content (AvgIpc) is 3.67. The first kappa shape index (κ1) is 38.7. The van der Waals surface area contributed by atoms with Crippen molar-refractivity contribution in [2.45, 2.75) is 99.6 Å². The summed E-state index contributed by atoms with van der Waals surface area (Å²) in [5, 5.41) is 12.2. The van der Waals surface area contributed by atoms with E-state index in [2.05, 4.69) is 34.4 Å². The Hall–Kier alpha value is -3.06. The highest BCUT2D eigenvalue weighted by Crippen LogP contribution is 2.60. The van der Waals surface area contributed by atoms with Gasteiger partial charge >= 0.3 is 5.97 Å². The predicted octanol–water partition coefficient (Wildman–Crippen LogP) is 4.09. The molecule has 3 amide bonds. The van der Waals surface area contributed by atoms with Gasteiger partial charge in [-0.2, -0.15) is 0 Å². The number of unbranched alkanes of at least 4 members (excludes halogenated alkanes) is 3. The average molecular weight is 747 g/mol. The van der Waals surface area contributed by atoms with Gasteiger partial charge in [0.15, 0.2) is 0 Å². The molecule has 49 heavy (non-hydrogen) atoms. The third kappa shape index (κ3) is 8.30. The molecule has 0 saturated carbocycles. The van der Waals surface area contributed by atoms with Crippen molar-refractivity contribution in [2.75, 3.05) is 33.4 Å². The number of hydrogen-bond donors (Lipinski definition) is 2. The van der Waals surface area contributed by atoms with Crippen LogP contribution in [-0.2, 0) is 33.4 Å². The molecule has 1 aromatic carbocycles. The van der Waals surface area contributed by atoms with Crippen molar-refractivity contribution in [1.82, 2.24) is 15.1 Å². The zero-order chi connectivity index (χ0) is 35.7. The monoisotopic (exact) mass is 745 g/mol. The smallest absolute Gasteiger partial charge is 0.313 e. The van der Waals surface area contributed by atoms with Gasteiger partial charge < -0.3 is 34.4 Å². The first-order valence-corrected chi connectivity index (χ1v) is 18.3. The zero-order valence-corrected chi connectivity index (χ0v) is 30.5. The Kier molecular flexibility index (Phi) is 14.0. The molecular weight excluding hydrogens is 694 g/mol. The van der Waals surface area contributed by atoms with Crippen molar-refractivity contribution in [2.24, 2.45) is 11.8 Å². The van der Waals surface area contributed by atoms with Crippen LogP contribution in [0.3, 0.4) is 0 Å². The normalized spacial score (nSPS) is 26.7. The van der Waals surface area contributed by atoms with Crippen molar-refractivity contribution in [3.63, 3.8) is 0 Å². The summed E-state index contributed by atoms with van der Waals surface area (Å²) in [7, 11) is 1.51. The molecule has 1 unspecified atom stereocenters. The van der Waals surface area contributed by atoms with Crippen molar-refractivity contribution >= 4 is 39.6 Å². The summed E-state index contributed by atoms with van der Waals surface area (Å²) in [6, 6.07) is 7.32. The Bertz CT molecular complexity index is 1330. The molecule has 2 N–H and O–H groups in total. The number of carbonyl (C=O) groups is 4. The Morgan fingerprint density at radius 2 is 1.88 bits per heavy atom. The topological polar surface area (TPSA) is 135 Å². The molecule has 1 spiro atoms. The Morgan fingerprint density at radius 1 is 1.16 bits per heavy atom. The lowest BCUT2D eigenvalue weighted by atomic mass is 9.70. The van der Waals surface area contributed by atoms with Gasteiger partial charge in [0.05, 0.1) is 30.6 Å². The van der Waals surface area contributed by atoms with Gasteiger partial charge in [0.1, 0.15) is 17.7 Å². The second-order valence-electron chi connectivity index (χ2n) is 13.4. The number of nitrogens with zero attached hydrogens (tertiary/aromatic N) is 2. The summed E-state index contributed by atoms with van der Waals surface area (Å²) in [5.41, 5.74) is -0.577. The Morgan fingerprint density at radius 3 is 2.51 bits per heavy atom. The number of aliphatic hydroxyl groups is 1. The van der Waals surface area contributed by atoms with Crippen LogP contribution in [0.2, 0.25) is 0 Å². The summed E-state index contributed by atoms with van der Waals surface area (Å²) in [6.07, 6.45) is 5.65. The van der Waals surface area contributed by atoms with Crippen molar-refractivity contribution in [1.29, 1.82) is 0 Å². The van der Waals surface area contributed by atoms with E-state index in [1.165, 1.54) is 7.11 Å². The number of allylic oxidation sites excluding steroid dienone is 1. The standard InChI is InChI=1S/C37H52BrN3O8/c1-6-8-18-28(43)39-27(23-47-5)31(25-16-12-11-13-17-25)48-36(46)29-30-34(44)41(20-14-9-10-15-21-42)33(35(45)40(19-7-2)24(3)4)37(30)22-26(38)32(29)49-37/h6-7,11-13,16-17,24,26-27,29-33,42H,1-2,8-10,14-15,18-23H2,3-5H3,(H,39,43)/t26?,27-,29-,30+,31-,32-,33-,37+/m0/s1. The van der Waals surface area contributed by atoms with Gasteiger partial charge in [0.25, 0.3) is 0 Å². The van der Waals surface area contributed by atoms with Crippen LogP contribution in [0.5, 0.6) is 0 Å². The summed E-state index contributed by atoms with van der Waals surface area (Å²) in [4.78, 5) is 59.3. The highest BCUT2D eigenvalue weighted by atomic mass is 79.9. The number of amides is 3. The minimum atomic E-state index is -1.23. The molecule has 12 heteroatoms. The molecule has 11 nitrogen and oxygen atoms in total. The number of esters is 1. The molecule has 3 heterocycles. The van der Waals surface area contributed by atoms with E-state index in [0.717, 1.165) is 12.8 Å². The lowest BCUT2D eigenvalue weighted by Crippen LogP contribution is -2.58. The van der Waals surface area contributed by atoms with E-state index in [-0.39, 0.29) is 48.2 Å². The minimum Gasteiger partial charge on any atom is -0.455 e. The maximum absolute atomic E-state index is 14.5. The Labute approximate surface area is 298 Å². The van der Waals surface area contributed by atoms with Crippen LogP contribution in [0.4, 0.5) is 0 Å². The molecule has 4 rings (SSSR count). The highest BCUT2D eigenvalue weighted by molar-refractivity contribution is 9.09. The number of hydrogen-bond acceptors (Lipinski definition) is 8. The van der Waals surface area contributed by atoms with Gasteiger partial charge in [-0.1, -0.05) is 71.3 Å². The maximum Gasteiger partial charge on any atom is 0.313 e. The molecule has 2 bridgehead atoms. The predicted molar refractivity (Wildman–Crippen MR) is 189 cm³/mol. The van der Waals surface area contributed by atoms with Gasteiger partial charge in [-0.25, -0.2) is 0 Å². The molecule has 3 aliphatic heterocycles. The van der Waals surface area contributed by atoms with E-state index >= 15 is 0 Å². The summed E-state index contributed by atoms with van der Waals surface area (Å²) in [5.74, 6) is -3.32. The van der Waals surface area contributed by atoms with E-state index in [0.29, 0.717) is 44.3 Å². The van der Waals surface area contributed by atoms with Crippen molar-refractivity contribution in [3.8, 4) is 0 Å². The summed E-state index contributed by atoms with van der Waals surface area (Å²) in [6.45, 7) is 12.2. The van der Waals surface area contributed by atoms with Crippen LogP contribution in [-0.4, -0.2) is 107 Å². The van der Waals surface area contributed by atoms with E-state index in [4.69, 9.17) is 14.2 Å². The van der Waals surface area contributed by atoms with Crippen LogP contribution >= 0.6 is 15.9 Å². The zero-order valence-electron chi connectivity index (χ0n) is 28.9. The molecule has 3 fully saturated rings. The molecule has 8 atom stereocenters. The summed E-state index contributed by atoms with van der Waals surface area (Å²) >= 11 is 3.74. The van der Waals surface area contributed by atoms with Gasteiger partial charge in [0, 0.05) is 44.1 Å². The lowest BCUT2D eigenvalue weighted by Gasteiger charge is -2.38. The van der Waals surface area contributed by atoms with Crippen LogP contribution in [0.15, 0.2) is 55.6 Å². The number of likely N-dealkylation sites (tertiary alicyclic amines) is 1. The van der Waals surface area contributed by atoms with E-state index in [1.807, 2.05) is 44.2 Å². The van der Waals surface area contributed by atoms with Crippen molar-refractivity contribution < 1.29 is 38.5 Å². The number of alkyl halides is 1. The first-order chi connectivity index (χ1) is 23.6. The van der Waals surface area contributed by atoms with E-state index < -0.39 is 47.7 Å². The molecule has 0 aromatic heterocycles. The van der Waals surface area contributed by atoms with Crippen LogP contribution in [0.25, 0.3) is 0 Å². The number of ether oxygens (including phenoxy) is 3. The number of methoxy groups -OCH3 is 1. The number of halogens is 1. The van der Waals surface area contributed by atoms with Crippen LogP contribution in [0, 0.1) is 11.8 Å². The minimum absolute atomic E-state index is 0.0691.